The van der Waals surface area contributed by atoms with Gasteiger partial charge in [0, 0.05) is 31.7 Å². The topological polar surface area (TPSA) is 108 Å². The van der Waals surface area contributed by atoms with E-state index in [9.17, 15) is 14.4 Å². The van der Waals surface area contributed by atoms with Gasteiger partial charge in [0.2, 0.25) is 0 Å². The molecule has 3 amide bonds. The Morgan fingerprint density at radius 1 is 0.882 bits per heavy atom. The number of carboxylic acid groups (broad SMARTS) is 1. The largest absolute Gasteiger partial charge is 0.490 e. The zero-order valence-corrected chi connectivity index (χ0v) is 19.8. The van der Waals surface area contributed by atoms with Gasteiger partial charge in [0.15, 0.2) is 0 Å². The third-order valence-corrected chi connectivity index (χ3v) is 7.71. The minimum absolute atomic E-state index is 0.0165. The summed E-state index contributed by atoms with van der Waals surface area (Å²) in [7, 11) is 0. The molecule has 0 aromatic heterocycles. The van der Waals surface area contributed by atoms with Crippen LogP contribution in [0.5, 0.6) is 5.75 Å². The van der Waals surface area contributed by atoms with Crippen LogP contribution in [0.2, 0.25) is 0 Å². The first-order valence-corrected chi connectivity index (χ1v) is 12.8. The van der Waals surface area contributed by atoms with E-state index in [2.05, 4.69) is 10.6 Å². The van der Waals surface area contributed by atoms with E-state index in [1.165, 1.54) is 25.7 Å². The average Bonchev–Trinajstić information content (AvgIpc) is 2.87. The number of fused-ring (bicyclic) bond motifs is 1. The number of amides is 3. The SMILES string of the molecule is O=C(NCCNC(=O)N1CC[C@H]2CCCC[C@@H]2C1)c1ccc(O[C@H]2CC[C@@H](C(=O)O)CC2)cc1. The van der Waals surface area contributed by atoms with Crippen molar-refractivity contribution in [3.63, 3.8) is 0 Å². The highest BCUT2D eigenvalue weighted by molar-refractivity contribution is 5.94. The monoisotopic (exact) mass is 471 g/mol. The lowest BCUT2D eigenvalue weighted by Gasteiger charge is -2.41. The molecule has 2 atom stereocenters. The van der Waals surface area contributed by atoms with Crippen molar-refractivity contribution in [2.75, 3.05) is 26.2 Å². The standard InChI is InChI=1S/C26H37N3O5/c30-24(19-5-9-22(10-6-19)34-23-11-7-20(8-12-23)25(31)32)27-14-15-28-26(33)29-16-13-18-3-1-2-4-21(18)17-29/h5-6,9-10,18,20-21,23H,1-4,7-8,11-17H2,(H,27,30)(H,28,33)(H,31,32)/t18-,20-,21-,23+/m1/s1. The van der Waals surface area contributed by atoms with Gasteiger partial charge in [-0.2, -0.15) is 0 Å². The van der Waals surface area contributed by atoms with Gasteiger partial charge in [0.1, 0.15) is 5.75 Å². The quantitative estimate of drug-likeness (QED) is 0.526. The summed E-state index contributed by atoms with van der Waals surface area (Å²) < 4.78 is 5.96. The number of aliphatic carboxylic acids is 1. The fourth-order valence-electron chi connectivity index (χ4n) is 5.65. The number of ether oxygens (including phenoxy) is 1. The minimum atomic E-state index is -0.725. The molecule has 2 aliphatic carbocycles. The highest BCUT2D eigenvalue weighted by Crippen LogP contribution is 2.36. The van der Waals surface area contributed by atoms with E-state index in [0.29, 0.717) is 43.2 Å². The smallest absolute Gasteiger partial charge is 0.317 e. The molecule has 0 radical (unpaired) electrons. The Labute approximate surface area is 201 Å². The maximum Gasteiger partial charge on any atom is 0.317 e. The van der Waals surface area contributed by atoms with Crippen LogP contribution in [0.4, 0.5) is 4.79 Å². The van der Waals surface area contributed by atoms with Gasteiger partial charge in [0.05, 0.1) is 12.0 Å². The lowest BCUT2D eigenvalue weighted by Crippen LogP contribution is -2.49. The first-order valence-electron chi connectivity index (χ1n) is 12.8. The molecule has 3 aliphatic rings. The number of carboxylic acids is 1. The second kappa shape index (κ2) is 11.6. The summed E-state index contributed by atoms with van der Waals surface area (Å²) in [5.41, 5.74) is 0.535. The summed E-state index contributed by atoms with van der Waals surface area (Å²) in [6.07, 6.45) is 9.01. The third-order valence-electron chi connectivity index (χ3n) is 7.71. The fraction of sp³-hybridized carbons (Fsp3) is 0.654. The molecule has 1 heterocycles. The van der Waals surface area contributed by atoms with Gasteiger partial charge in [-0.25, -0.2) is 4.79 Å². The van der Waals surface area contributed by atoms with E-state index < -0.39 is 5.97 Å². The molecule has 0 bridgehead atoms. The molecular weight excluding hydrogens is 434 g/mol. The minimum Gasteiger partial charge on any atom is -0.490 e. The number of carbonyl (C=O) groups excluding carboxylic acids is 2. The number of hydrogen-bond acceptors (Lipinski definition) is 4. The molecule has 0 unspecified atom stereocenters. The van der Waals surface area contributed by atoms with Crippen LogP contribution in [0.25, 0.3) is 0 Å². The first kappa shape index (κ1) is 24.4. The van der Waals surface area contributed by atoms with Crippen molar-refractivity contribution in [1.29, 1.82) is 0 Å². The Bertz CT molecular complexity index is 850. The van der Waals surface area contributed by atoms with Gasteiger partial charge < -0.3 is 25.4 Å². The van der Waals surface area contributed by atoms with Crippen molar-refractivity contribution in [1.82, 2.24) is 15.5 Å². The molecule has 1 aliphatic heterocycles. The Kier molecular flexibility index (Phi) is 8.29. The van der Waals surface area contributed by atoms with Crippen LogP contribution < -0.4 is 15.4 Å². The van der Waals surface area contributed by atoms with Crippen molar-refractivity contribution in [3.05, 3.63) is 29.8 Å². The van der Waals surface area contributed by atoms with Gasteiger partial charge in [-0.05, 0) is 74.6 Å². The first-order chi connectivity index (χ1) is 16.5. The molecule has 3 fully saturated rings. The molecule has 4 rings (SSSR count). The van der Waals surface area contributed by atoms with Gasteiger partial charge in [-0.3, -0.25) is 9.59 Å². The van der Waals surface area contributed by atoms with Crippen LogP contribution in [-0.2, 0) is 4.79 Å². The molecule has 0 spiro atoms. The van der Waals surface area contributed by atoms with Gasteiger partial charge in [-0.1, -0.05) is 19.3 Å². The van der Waals surface area contributed by atoms with Crippen molar-refractivity contribution in [2.24, 2.45) is 17.8 Å². The molecule has 34 heavy (non-hydrogen) atoms. The fourth-order valence-corrected chi connectivity index (χ4v) is 5.65. The molecule has 2 saturated carbocycles. The molecule has 1 aromatic rings. The van der Waals surface area contributed by atoms with Crippen molar-refractivity contribution >= 4 is 17.9 Å². The number of hydrogen-bond donors (Lipinski definition) is 3. The van der Waals surface area contributed by atoms with Gasteiger partial charge >= 0.3 is 12.0 Å². The Hall–Kier alpha value is -2.77. The molecule has 186 valence electrons. The lowest BCUT2D eigenvalue weighted by molar-refractivity contribution is -0.143. The van der Waals surface area contributed by atoms with Crippen LogP contribution >= 0.6 is 0 Å². The molecule has 1 saturated heterocycles. The lowest BCUT2D eigenvalue weighted by atomic mass is 9.75. The number of benzene rings is 1. The Morgan fingerprint density at radius 3 is 2.26 bits per heavy atom. The van der Waals surface area contributed by atoms with Gasteiger partial charge in [-0.15, -0.1) is 0 Å². The number of carbonyl (C=O) groups is 3. The second-order valence-electron chi connectivity index (χ2n) is 9.98. The zero-order valence-electron chi connectivity index (χ0n) is 19.8. The average molecular weight is 472 g/mol. The number of likely N-dealkylation sites (tertiary alicyclic amines) is 1. The van der Waals surface area contributed by atoms with Crippen molar-refractivity contribution in [3.8, 4) is 5.75 Å². The van der Waals surface area contributed by atoms with E-state index >= 15 is 0 Å². The summed E-state index contributed by atoms with van der Waals surface area (Å²) in [4.78, 5) is 37.9. The number of rotatable bonds is 7. The van der Waals surface area contributed by atoms with Crippen LogP contribution in [0, 0.1) is 17.8 Å². The normalized spacial score (nSPS) is 26.8. The van der Waals surface area contributed by atoms with Crippen molar-refractivity contribution in [2.45, 2.75) is 63.9 Å². The predicted molar refractivity (Wildman–Crippen MR) is 128 cm³/mol. The summed E-state index contributed by atoms with van der Waals surface area (Å²) in [5, 5.41) is 14.9. The van der Waals surface area contributed by atoms with Gasteiger partial charge in [0.25, 0.3) is 5.91 Å². The van der Waals surface area contributed by atoms with Crippen LogP contribution in [0.1, 0.15) is 68.1 Å². The number of urea groups is 1. The molecular formula is C26H37N3O5. The maximum atomic E-state index is 12.5. The number of nitrogens with zero attached hydrogens (tertiary/aromatic N) is 1. The second-order valence-corrected chi connectivity index (χ2v) is 9.98. The number of piperidine rings is 1. The highest BCUT2D eigenvalue weighted by Gasteiger charge is 2.32. The van der Waals surface area contributed by atoms with Crippen LogP contribution in [0.3, 0.4) is 0 Å². The maximum absolute atomic E-state index is 12.5. The van der Waals surface area contributed by atoms with Crippen LogP contribution in [-0.4, -0.2) is 60.2 Å². The molecule has 8 heteroatoms. The van der Waals surface area contributed by atoms with E-state index in [0.717, 1.165) is 38.3 Å². The molecule has 8 nitrogen and oxygen atoms in total. The summed E-state index contributed by atoms with van der Waals surface area (Å²) in [6.45, 7) is 2.46. The van der Waals surface area contributed by atoms with Crippen molar-refractivity contribution < 1.29 is 24.2 Å². The van der Waals surface area contributed by atoms with E-state index in [4.69, 9.17) is 9.84 Å². The highest BCUT2D eigenvalue weighted by atomic mass is 16.5. The number of nitrogens with one attached hydrogen (secondary N) is 2. The van der Waals surface area contributed by atoms with E-state index in [1.54, 1.807) is 24.3 Å². The Balaban J connectivity index is 1.13. The molecule has 3 N–H and O–H groups in total. The summed E-state index contributed by atoms with van der Waals surface area (Å²) >= 11 is 0. The van der Waals surface area contributed by atoms with E-state index in [1.807, 2.05) is 4.90 Å². The summed E-state index contributed by atoms with van der Waals surface area (Å²) in [6, 6.07) is 6.96. The predicted octanol–water partition coefficient (Wildman–Crippen LogP) is 3.66. The van der Waals surface area contributed by atoms with Crippen LogP contribution in [0.15, 0.2) is 24.3 Å². The zero-order chi connectivity index (χ0) is 23.9. The Morgan fingerprint density at radius 2 is 1.56 bits per heavy atom. The third kappa shape index (κ3) is 6.42. The summed E-state index contributed by atoms with van der Waals surface area (Å²) in [5.74, 6) is 0.952. The molecule has 1 aromatic carbocycles. The van der Waals surface area contributed by atoms with E-state index in [-0.39, 0.29) is 24.0 Å².